The van der Waals surface area contributed by atoms with Gasteiger partial charge < -0.3 is 5.32 Å². The molecule has 0 atom stereocenters. The molecule has 0 spiro atoms. The second kappa shape index (κ2) is 6.02. The summed E-state index contributed by atoms with van der Waals surface area (Å²) in [5.41, 5.74) is 2.33. The van der Waals surface area contributed by atoms with E-state index < -0.39 is 0 Å². The first-order chi connectivity index (χ1) is 8.29. The van der Waals surface area contributed by atoms with Crippen LogP contribution in [0.1, 0.15) is 18.2 Å². The molecular formula is C12H15N3S2. The maximum absolute atomic E-state index is 4.15. The maximum Gasteiger partial charge on any atom is 0.134 e. The van der Waals surface area contributed by atoms with Gasteiger partial charge in [0.2, 0.25) is 0 Å². The molecule has 0 aliphatic heterocycles. The first-order valence-corrected chi connectivity index (χ1v) is 7.30. The topological polar surface area (TPSA) is 37.8 Å². The molecule has 0 aliphatic carbocycles. The molecule has 1 N–H and O–H groups in total. The third-order valence-corrected chi connectivity index (χ3v) is 4.04. The van der Waals surface area contributed by atoms with E-state index in [0.717, 1.165) is 23.0 Å². The summed E-state index contributed by atoms with van der Waals surface area (Å²) < 4.78 is 3.98. The van der Waals surface area contributed by atoms with E-state index in [1.54, 1.807) is 11.8 Å². The first kappa shape index (κ1) is 12.4. The van der Waals surface area contributed by atoms with Gasteiger partial charge in [-0.25, -0.2) is 0 Å². The quantitative estimate of drug-likeness (QED) is 0.839. The standard InChI is InChI=1S/C12H15N3S2/c1-3-13-12-11(14-15-17-12)8-16-10-6-4-9(2)5-7-10/h4-7,13H,3,8H2,1-2H3. The van der Waals surface area contributed by atoms with Crippen molar-refractivity contribution < 1.29 is 0 Å². The average Bonchev–Trinajstić information content (AvgIpc) is 2.77. The molecular weight excluding hydrogens is 250 g/mol. The molecule has 2 aromatic rings. The Hall–Kier alpha value is -1.07. The number of hydrogen-bond acceptors (Lipinski definition) is 5. The third-order valence-electron chi connectivity index (χ3n) is 2.29. The van der Waals surface area contributed by atoms with Gasteiger partial charge in [0.25, 0.3) is 0 Å². The number of nitrogens with zero attached hydrogens (tertiary/aromatic N) is 2. The molecule has 1 aromatic carbocycles. The Balaban J connectivity index is 1.97. The summed E-state index contributed by atoms with van der Waals surface area (Å²) in [6.07, 6.45) is 0. The minimum atomic E-state index is 0.863. The number of rotatable bonds is 5. The lowest BCUT2D eigenvalue weighted by Crippen LogP contribution is -1.97. The van der Waals surface area contributed by atoms with Crippen LogP contribution >= 0.6 is 23.3 Å². The molecule has 90 valence electrons. The van der Waals surface area contributed by atoms with Gasteiger partial charge in [-0.2, -0.15) is 0 Å². The lowest BCUT2D eigenvalue weighted by molar-refractivity contribution is 1.07. The largest absolute Gasteiger partial charge is 0.374 e. The Morgan fingerprint density at radius 1 is 1.29 bits per heavy atom. The zero-order valence-corrected chi connectivity index (χ0v) is 11.6. The van der Waals surface area contributed by atoms with Gasteiger partial charge in [0.05, 0.1) is 0 Å². The summed E-state index contributed by atoms with van der Waals surface area (Å²) in [7, 11) is 0. The van der Waals surface area contributed by atoms with Crippen LogP contribution in [0, 0.1) is 6.92 Å². The molecule has 1 aromatic heterocycles. The Bertz CT molecular complexity index is 465. The summed E-state index contributed by atoms with van der Waals surface area (Å²) in [6, 6.07) is 8.55. The van der Waals surface area contributed by atoms with Crippen molar-refractivity contribution in [1.82, 2.24) is 9.59 Å². The molecule has 17 heavy (non-hydrogen) atoms. The molecule has 0 amide bonds. The molecule has 5 heteroatoms. The van der Waals surface area contributed by atoms with E-state index in [1.807, 2.05) is 0 Å². The van der Waals surface area contributed by atoms with Crippen LogP contribution in [0.3, 0.4) is 0 Å². The van der Waals surface area contributed by atoms with Gasteiger partial charge in [0.1, 0.15) is 10.7 Å². The molecule has 0 saturated carbocycles. The highest BCUT2D eigenvalue weighted by atomic mass is 32.2. The monoisotopic (exact) mass is 265 g/mol. The Morgan fingerprint density at radius 3 is 2.76 bits per heavy atom. The number of thioether (sulfide) groups is 1. The summed E-state index contributed by atoms with van der Waals surface area (Å²) in [4.78, 5) is 1.27. The molecule has 0 unspecified atom stereocenters. The van der Waals surface area contributed by atoms with Gasteiger partial charge in [-0.1, -0.05) is 22.2 Å². The predicted octanol–water partition coefficient (Wildman–Crippen LogP) is 3.57. The number of benzene rings is 1. The average molecular weight is 265 g/mol. The summed E-state index contributed by atoms with van der Waals surface area (Å²) in [5.74, 6) is 0.863. The number of anilines is 1. The lowest BCUT2D eigenvalue weighted by atomic mass is 10.2. The van der Waals surface area contributed by atoms with Crippen molar-refractivity contribution >= 4 is 28.3 Å². The van der Waals surface area contributed by atoms with Crippen LogP contribution in [0.2, 0.25) is 0 Å². The zero-order chi connectivity index (χ0) is 12.1. The van der Waals surface area contributed by atoms with Crippen molar-refractivity contribution in [2.45, 2.75) is 24.5 Å². The predicted molar refractivity (Wildman–Crippen MR) is 74.8 cm³/mol. The molecule has 1 heterocycles. The molecule has 3 nitrogen and oxygen atoms in total. The highest BCUT2D eigenvalue weighted by Crippen LogP contribution is 2.27. The van der Waals surface area contributed by atoms with Crippen LogP contribution < -0.4 is 5.32 Å². The van der Waals surface area contributed by atoms with Gasteiger partial charge in [0.15, 0.2) is 0 Å². The normalized spacial score (nSPS) is 10.5. The molecule has 0 bridgehead atoms. The van der Waals surface area contributed by atoms with E-state index in [-0.39, 0.29) is 0 Å². The number of hydrogen-bond donors (Lipinski definition) is 1. The van der Waals surface area contributed by atoms with Gasteiger partial charge in [-0.05, 0) is 26.0 Å². The first-order valence-electron chi connectivity index (χ1n) is 5.54. The van der Waals surface area contributed by atoms with Crippen LogP contribution in [-0.4, -0.2) is 16.1 Å². The van der Waals surface area contributed by atoms with E-state index in [0.29, 0.717) is 0 Å². The van der Waals surface area contributed by atoms with E-state index in [2.05, 4.69) is 53.0 Å². The van der Waals surface area contributed by atoms with Crippen LogP contribution in [0.15, 0.2) is 29.2 Å². The van der Waals surface area contributed by atoms with E-state index in [1.165, 1.54) is 22.0 Å². The van der Waals surface area contributed by atoms with Crippen LogP contribution in [0.25, 0.3) is 0 Å². The number of nitrogens with one attached hydrogen (secondary N) is 1. The molecule has 2 rings (SSSR count). The number of aromatic nitrogens is 2. The van der Waals surface area contributed by atoms with Crippen molar-refractivity contribution in [3.63, 3.8) is 0 Å². The minimum absolute atomic E-state index is 0.863. The Labute approximate surface area is 110 Å². The van der Waals surface area contributed by atoms with Gasteiger partial charge >= 0.3 is 0 Å². The highest BCUT2D eigenvalue weighted by molar-refractivity contribution is 7.98. The number of aryl methyl sites for hydroxylation is 1. The van der Waals surface area contributed by atoms with E-state index >= 15 is 0 Å². The second-order valence-corrected chi connectivity index (χ2v) is 5.48. The fraction of sp³-hybridized carbons (Fsp3) is 0.333. The van der Waals surface area contributed by atoms with Crippen LogP contribution in [-0.2, 0) is 5.75 Å². The van der Waals surface area contributed by atoms with Crippen LogP contribution in [0.4, 0.5) is 5.00 Å². The lowest BCUT2D eigenvalue weighted by Gasteiger charge is -2.03. The maximum atomic E-state index is 4.15. The summed E-state index contributed by atoms with van der Waals surface area (Å²) in [6.45, 7) is 5.09. The minimum Gasteiger partial charge on any atom is -0.374 e. The van der Waals surface area contributed by atoms with Crippen molar-refractivity contribution in [2.75, 3.05) is 11.9 Å². The molecule has 0 saturated heterocycles. The Morgan fingerprint density at radius 2 is 2.06 bits per heavy atom. The van der Waals surface area contributed by atoms with E-state index in [9.17, 15) is 0 Å². The van der Waals surface area contributed by atoms with Gasteiger partial charge in [0, 0.05) is 28.7 Å². The smallest absolute Gasteiger partial charge is 0.134 e. The van der Waals surface area contributed by atoms with Crippen molar-refractivity contribution in [2.24, 2.45) is 0 Å². The van der Waals surface area contributed by atoms with Crippen LogP contribution in [0.5, 0.6) is 0 Å². The molecule has 0 radical (unpaired) electrons. The third kappa shape index (κ3) is 3.44. The van der Waals surface area contributed by atoms with Crippen molar-refractivity contribution in [3.05, 3.63) is 35.5 Å². The molecule has 0 aliphatic rings. The fourth-order valence-electron chi connectivity index (χ4n) is 1.38. The van der Waals surface area contributed by atoms with Gasteiger partial charge in [-0.15, -0.1) is 16.9 Å². The second-order valence-electron chi connectivity index (χ2n) is 3.68. The van der Waals surface area contributed by atoms with Crippen molar-refractivity contribution in [3.8, 4) is 0 Å². The molecule has 0 fully saturated rings. The Kier molecular flexibility index (Phi) is 4.39. The zero-order valence-electron chi connectivity index (χ0n) is 9.93. The van der Waals surface area contributed by atoms with Crippen molar-refractivity contribution in [1.29, 1.82) is 0 Å². The summed E-state index contributed by atoms with van der Waals surface area (Å²) in [5, 5.41) is 8.52. The fourth-order valence-corrected chi connectivity index (χ4v) is 2.96. The summed E-state index contributed by atoms with van der Waals surface area (Å²) >= 11 is 3.22. The van der Waals surface area contributed by atoms with E-state index in [4.69, 9.17) is 0 Å². The SMILES string of the molecule is CCNc1snnc1CSc1ccc(C)cc1. The highest BCUT2D eigenvalue weighted by Gasteiger charge is 2.07. The van der Waals surface area contributed by atoms with Gasteiger partial charge in [-0.3, -0.25) is 0 Å².